The zero-order valence-electron chi connectivity index (χ0n) is 3.43. The number of carboxylic acid groups (broad SMARTS) is 1. The highest BCUT2D eigenvalue weighted by Gasteiger charge is 2.26. The molecular formula is C2HCl2O4-. The van der Waals surface area contributed by atoms with E-state index in [9.17, 15) is 9.90 Å². The second kappa shape index (κ2) is 2.50. The minimum atomic E-state index is -2.65. The van der Waals surface area contributed by atoms with Gasteiger partial charge in [-0.2, -0.15) is 4.89 Å². The summed E-state index contributed by atoms with van der Waals surface area (Å²) in [6, 6.07) is 0. The van der Waals surface area contributed by atoms with Gasteiger partial charge in [0, 0.05) is 0 Å². The Morgan fingerprint density at radius 2 is 2.12 bits per heavy atom. The van der Waals surface area contributed by atoms with Gasteiger partial charge in [0.25, 0.3) is 4.52 Å². The molecule has 6 heteroatoms. The first-order valence-corrected chi connectivity index (χ1v) is 2.18. The van der Waals surface area contributed by atoms with Crippen LogP contribution in [0, 0.1) is 0 Å². The van der Waals surface area contributed by atoms with E-state index >= 15 is 0 Å². The molecule has 48 valence electrons. The Balaban J connectivity index is 3.91. The fourth-order valence-electron chi connectivity index (χ4n) is 0.0373. The summed E-state index contributed by atoms with van der Waals surface area (Å²) in [5.41, 5.74) is 0. The minimum absolute atomic E-state index is 1.91. The van der Waals surface area contributed by atoms with Crippen molar-refractivity contribution >= 4 is 29.2 Å². The van der Waals surface area contributed by atoms with Crippen LogP contribution in [-0.2, 0) is 9.68 Å². The summed E-state index contributed by atoms with van der Waals surface area (Å²) >= 11 is 9.37. The average Bonchev–Trinajstić information content (AvgIpc) is 1.67. The van der Waals surface area contributed by atoms with Crippen LogP contribution in [-0.4, -0.2) is 15.7 Å². The van der Waals surface area contributed by atoms with Gasteiger partial charge in [0.15, 0.2) is 0 Å². The zero-order valence-corrected chi connectivity index (χ0v) is 4.94. The van der Waals surface area contributed by atoms with Gasteiger partial charge in [-0.15, -0.1) is 0 Å². The Kier molecular flexibility index (Phi) is 2.49. The molecule has 0 heterocycles. The second-order valence-corrected chi connectivity index (χ2v) is 2.15. The molecule has 0 aromatic heterocycles. The predicted octanol–water partition coefficient (Wildman–Crippen LogP) is -0.643. The summed E-state index contributed by atoms with van der Waals surface area (Å²) in [7, 11) is 0. The van der Waals surface area contributed by atoms with Gasteiger partial charge in [0.2, 0.25) is 0 Å². The van der Waals surface area contributed by atoms with Gasteiger partial charge < -0.3 is 9.90 Å². The molecule has 0 aromatic rings. The number of carboxylic acids is 1. The van der Waals surface area contributed by atoms with Crippen molar-refractivity contribution in [2.24, 2.45) is 0 Å². The number of hydrogen-bond donors (Lipinski definition) is 1. The number of hydrogen-bond acceptors (Lipinski definition) is 4. The topological polar surface area (TPSA) is 69.6 Å². The number of alkyl halides is 2. The van der Waals surface area contributed by atoms with Gasteiger partial charge in [-0.05, 0) is 0 Å². The van der Waals surface area contributed by atoms with Crippen LogP contribution >= 0.6 is 23.2 Å². The third-order valence-electron chi connectivity index (χ3n) is 0.352. The molecule has 0 unspecified atom stereocenters. The van der Waals surface area contributed by atoms with Crippen LogP contribution in [0.25, 0.3) is 0 Å². The Morgan fingerprint density at radius 3 is 2.12 bits per heavy atom. The summed E-state index contributed by atoms with van der Waals surface area (Å²) in [6.45, 7) is 0. The average molecular weight is 160 g/mol. The molecule has 0 spiro atoms. The summed E-state index contributed by atoms with van der Waals surface area (Å²) < 4.78 is -2.65. The van der Waals surface area contributed by atoms with Crippen LogP contribution in [0.15, 0.2) is 0 Å². The van der Waals surface area contributed by atoms with Crippen LogP contribution < -0.4 is 5.11 Å². The molecule has 0 atom stereocenters. The largest absolute Gasteiger partial charge is 0.544 e. The van der Waals surface area contributed by atoms with E-state index < -0.39 is 10.5 Å². The van der Waals surface area contributed by atoms with E-state index in [4.69, 9.17) is 5.26 Å². The molecule has 8 heavy (non-hydrogen) atoms. The summed E-state index contributed by atoms with van der Waals surface area (Å²) in [5.74, 6) is -1.91. The summed E-state index contributed by atoms with van der Waals surface area (Å²) in [5, 5.41) is 17.2. The molecule has 0 fully saturated rings. The van der Waals surface area contributed by atoms with Crippen molar-refractivity contribution in [1.82, 2.24) is 0 Å². The van der Waals surface area contributed by atoms with Crippen LogP contribution in [0.3, 0.4) is 0 Å². The van der Waals surface area contributed by atoms with Gasteiger partial charge in [-0.25, -0.2) is 5.26 Å². The molecule has 0 saturated carbocycles. The summed E-state index contributed by atoms with van der Waals surface area (Å²) in [4.78, 5) is 12.7. The molecule has 1 N–H and O–H groups in total. The fourth-order valence-corrected chi connectivity index (χ4v) is 0.0373. The van der Waals surface area contributed by atoms with Crippen molar-refractivity contribution in [3.63, 3.8) is 0 Å². The van der Waals surface area contributed by atoms with E-state index in [-0.39, 0.29) is 0 Å². The molecule has 0 aliphatic carbocycles. The van der Waals surface area contributed by atoms with Gasteiger partial charge in [0.1, 0.15) is 5.97 Å². The molecule has 0 radical (unpaired) electrons. The molecule has 0 aromatic carbocycles. The van der Waals surface area contributed by atoms with Crippen LogP contribution in [0.1, 0.15) is 0 Å². The number of carbonyl (C=O) groups is 1. The lowest BCUT2D eigenvalue weighted by Crippen LogP contribution is -2.41. The number of halogens is 2. The van der Waals surface area contributed by atoms with E-state index in [2.05, 4.69) is 28.1 Å². The van der Waals surface area contributed by atoms with E-state index in [1.165, 1.54) is 0 Å². The molecular weight excluding hydrogens is 159 g/mol. The van der Waals surface area contributed by atoms with E-state index in [0.717, 1.165) is 0 Å². The highest BCUT2D eigenvalue weighted by atomic mass is 35.5. The maximum Gasteiger partial charge on any atom is 0.289 e. The third-order valence-corrected chi connectivity index (χ3v) is 0.799. The first kappa shape index (κ1) is 7.97. The van der Waals surface area contributed by atoms with Crippen molar-refractivity contribution in [3.8, 4) is 0 Å². The quantitative estimate of drug-likeness (QED) is 0.331. The molecule has 0 bridgehead atoms. The lowest BCUT2D eigenvalue weighted by atomic mass is 10.7. The highest BCUT2D eigenvalue weighted by Crippen LogP contribution is 2.19. The van der Waals surface area contributed by atoms with E-state index in [0.29, 0.717) is 0 Å². The van der Waals surface area contributed by atoms with E-state index in [1.54, 1.807) is 0 Å². The van der Waals surface area contributed by atoms with Crippen molar-refractivity contribution in [2.75, 3.05) is 0 Å². The number of carbonyl (C=O) groups excluding carboxylic acids is 1. The first-order chi connectivity index (χ1) is 3.50. The molecule has 4 nitrogen and oxygen atoms in total. The monoisotopic (exact) mass is 159 g/mol. The van der Waals surface area contributed by atoms with Gasteiger partial charge >= 0.3 is 0 Å². The zero-order chi connectivity index (χ0) is 6.78. The smallest absolute Gasteiger partial charge is 0.289 e. The Bertz CT molecular complexity index is 100. The predicted molar refractivity (Wildman–Crippen MR) is 23.2 cm³/mol. The standard InChI is InChI=1S/C2H2Cl2O4/c3-2(4,8-7)1(5)6/h7H,(H,5,6)/p-1. The molecule has 0 saturated heterocycles. The maximum absolute atomic E-state index is 9.59. The summed E-state index contributed by atoms with van der Waals surface area (Å²) in [6.07, 6.45) is 0. The van der Waals surface area contributed by atoms with Crippen molar-refractivity contribution in [1.29, 1.82) is 0 Å². The SMILES string of the molecule is O=C([O-])C(Cl)(Cl)OO. The van der Waals surface area contributed by atoms with Gasteiger partial charge in [-0.1, -0.05) is 23.2 Å². The van der Waals surface area contributed by atoms with Crippen molar-refractivity contribution in [3.05, 3.63) is 0 Å². The van der Waals surface area contributed by atoms with Crippen LogP contribution in [0.2, 0.25) is 0 Å². The maximum atomic E-state index is 9.59. The van der Waals surface area contributed by atoms with E-state index in [1.807, 2.05) is 0 Å². The number of aliphatic carboxylic acids is 1. The lowest BCUT2D eigenvalue weighted by Gasteiger charge is -2.14. The van der Waals surface area contributed by atoms with Crippen molar-refractivity contribution in [2.45, 2.75) is 4.52 Å². The molecule has 0 aliphatic heterocycles. The van der Waals surface area contributed by atoms with Crippen LogP contribution in [0.5, 0.6) is 0 Å². The number of rotatable bonds is 2. The highest BCUT2D eigenvalue weighted by molar-refractivity contribution is 6.55. The molecule has 0 rings (SSSR count). The Labute approximate surface area is 54.5 Å². The molecule has 0 amide bonds. The third kappa shape index (κ3) is 1.83. The second-order valence-electron chi connectivity index (χ2n) is 0.896. The fraction of sp³-hybridized carbons (Fsp3) is 0.500. The molecule has 0 aliphatic rings. The van der Waals surface area contributed by atoms with Gasteiger partial charge in [0.05, 0.1) is 0 Å². The normalized spacial score (nSPS) is 11.4. The van der Waals surface area contributed by atoms with Crippen molar-refractivity contribution < 1.29 is 20.0 Å². The lowest BCUT2D eigenvalue weighted by molar-refractivity contribution is -0.343. The first-order valence-electron chi connectivity index (χ1n) is 1.42. The van der Waals surface area contributed by atoms with Crippen LogP contribution in [0.4, 0.5) is 0 Å². The Morgan fingerprint density at radius 1 is 1.75 bits per heavy atom. The Hall–Kier alpha value is -0.0300. The minimum Gasteiger partial charge on any atom is -0.544 e. The van der Waals surface area contributed by atoms with Gasteiger partial charge in [-0.3, -0.25) is 0 Å².